The van der Waals surface area contributed by atoms with Crippen molar-refractivity contribution in [2.45, 2.75) is 39.2 Å². The van der Waals surface area contributed by atoms with Crippen molar-refractivity contribution < 1.29 is 4.79 Å². The maximum absolute atomic E-state index is 13.0. The van der Waals surface area contributed by atoms with Crippen molar-refractivity contribution in [2.75, 3.05) is 13.1 Å². The zero-order chi connectivity index (χ0) is 17.4. The highest BCUT2D eigenvalue weighted by molar-refractivity contribution is 5.84. The Morgan fingerprint density at radius 1 is 0.880 bits per heavy atom. The molecule has 2 fully saturated rings. The molecule has 2 aliphatic heterocycles. The third-order valence-electron chi connectivity index (χ3n) is 5.58. The number of hydrogen-bond acceptors (Lipinski definition) is 2. The molecular formula is C22H26N2O. The number of carbonyl (C=O) groups is 1. The Hall–Kier alpha value is -2.13. The molecule has 2 aromatic carbocycles. The number of hydrogen-bond donors (Lipinski definition) is 0. The third-order valence-corrected chi connectivity index (χ3v) is 5.58. The lowest BCUT2D eigenvalue weighted by molar-refractivity contribution is -0.151. The lowest BCUT2D eigenvalue weighted by atomic mass is 9.88. The van der Waals surface area contributed by atoms with Crippen molar-refractivity contribution in [1.82, 2.24) is 10.0 Å². The summed E-state index contributed by atoms with van der Waals surface area (Å²) in [4.78, 5) is 13.0. The average molecular weight is 334 g/mol. The topological polar surface area (TPSA) is 23.6 Å². The van der Waals surface area contributed by atoms with Crippen LogP contribution in [0.1, 0.15) is 44.7 Å². The molecule has 130 valence electrons. The Labute approximate surface area is 150 Å². The van der Waals surface area contributed by atoms with Crippen LogP contribution in [0.5, 0.6) is 0 Å². The molecule has 2 aromatic rings. The van der Waals surface area contributed by atoms with Crippen LogP contribution in [0.3, 0.4) is 0 Å². The monoisotopic (exact) mass is 334 g/mol. The van der Waals surface area contributed by atoms with Gasteiger partial charge < -0.3 is 0 Å². The number of carbonyl (C=O) groups excluding carboxylic acids is 1. The summed E-state index contributed by atoms with van der Waals surface area (Å²) in [5, 5.41) is 4.33. The largest absolute Gasteiger partial charge is 0.273 e. The highest BCUT2D eigenvalue weighted by Crippen LogP contribution is 2.45. The lowest BCUT2D eigenvalue weighted by Gasteiger charge is -2.33. The van der Waals surface area contributed by atoms with Gasteiger partial charge in [0.1, 0.15) is 0 Å². The van der Waals surface area contributed by atoms with Crippen LogP contribution < -0.4 is 0 Å². The molecule has 3 heteroatoms. The molecule has 1 atom stereocenters. The molecule has 0 unspecified atom stereocenters. The summed E-state index contributed by atoms with van der Waals surface area (Å²) in [5.41, 5.74) is 3.41. The Morgan fingerprint density at radius 3 is 2.12 bits per heavy atom. The third kappa shape index (κ3) is 2.98. The second-order valence-corrected chi connectivity index (χ2v) is 7.90. The second-order valence-electron chi connectivity index (χ2n) is 7.90. The maximum atomic E-state index is 13.0. The summed E-state index contributed by atoms with van der Waals surface area (Å²) in [7, 11) is 0. The Kier molecular flexibility index (Phi) is 4.12. The van der Waals surface area contributed by atoms with Crippen LogP contribution in [0.15, 0.2) is 54.6 Å². The first-order chi connectivity index (χ1) is 12.1. The highest BCUT2D eigenvalue weighted by atomic mass is 16.2. The van der Waals surface area contributed by atoms with E-state index in [1.165, 1.54) is 29.5 Å². The van der Waals surface area contributed by atoms with Crippen molar-refractivity contribution in [1.29, 1.82) is 0 Å². The molecule has 3 nitrogen and oxygen atoms in total. The van der Waals surface area contributed by atoms with E-state index in [1.54, 1.807) is 0 Å². The predicted molar refractivity (Wildman–Crippen MR) is 101 cm³/mol. The van der Waals surface area contributed by atoms with E-state index >= 15 is 0 Å². The van der Waals surface area contributed by atoms with E-state index in [2.05, 4.69) is 72.4 Å². The zero-order valence-corrected chi connectivity index (χ0v) is 15.1. The fraction of sp³-hybridized carbons (Fsp3) is 0.409. The number of benzene rings is 2. The summed E-state index contributed by atoms with van der Waals surface area (Å²) < 4.78 is 0. The molecule has 0 saturated carbocycles. The van der Waals surface area contributed by atoms with Gasteiger partial charge in [0.15, 0.2) is 0 Å². The van der Waals surface area contributed by atoms with Gasteiger partial charge in [-0.25, -0.2) is 5.01 Å². The van der Waals surface area contributed by atoms with Crippen molar-refractivity contribution >= 4 is 5.91 Å². The van der Waals surface area contributed by atoms with Crippen LogP contribution in [-0.2, 0) is 4.79 Å². The zero-order valence-electron chi connectivity index (χ0n) is 15.1. The van der Waals surface area contributed by atoms with E-state index < -0.39 is 0 Å². The fourth-order valence-corrected chi connectivity index (χ4v) is 4.14. The standard InChI is InChI=1S/C22H26N2O/c1-22(2)16-20(24(21(22)25)23-14-6-7-15-23)19-12-10-18(11-13-19)17-8-4-3-5-9-17/h3-5,8-13,20H,6-7,14-16H2,1-2H3/t20-/m0/s1. The van der Waals surface area contributed by atoms with Crippen LogP contribution in [0.2, 0.25) is 0 Å². The highest BCUT2D eigenvalue weighted by Gasteiger charge is 2.48. The van der Waals surface area contributed by atoms with Gasteiger partial charge in [0.05, 0.1) is 6.04 Å². The van der Waals surface area contributed by atoms with E-state index in [0.29, 0.717) is 0 Å². The van der Waals surface area contributed by atoms with Crippen molar-refractivity contribution in [3.05, 3.63) is 60.2 Å². The van der Waals surface area contributed by atoms with E-state index in [9.17, 15) is 4.79 Å². The Morgan fingerprint density at radius 2 is 1.48 bits per heavy atom. The molecule has 0 radical (unpaired) electrons. The van der Waals surface area contributed by atoms with Crippen molar-refractivity contribution in [2.24, 2.45) is 5.41 Å². The first-order valence-electron chi connectivity index (χ1n) is 9.30. The SMILES string of the molecule is CC1(C)C[C@@H](c2ccc(-c3ccccc3)cc2)N(N2CCCC2)C1=O. The van der Waals surface area contributed by atoms with Crippen LogP contribution >= 0.6 is 0 Å². The van der Waals surface area contributed by atoms with Gasteiger partial charge in [0.25, 0.3) is 0 Å². The van der Waals surface area contributed by atoms with E-state index in [0.717, 1.165) is 19.5 Å². The van der Waals surface area contributed by atoms with Crippen molar-refractivity contribution in [3.63, 3.8) is 0 Å². The number of hydrazine groups is 1. The summed E-state index contributed by atoms with van der Waals surface area (Å²) in [5.74, 6) is 0.270. The molecular weight excluding hydrogens is 308 g/mol. The smallest absolute Gasteiger partial charge is 0.243 e. The maximum Gasteiger partial charge on any atom is 0.243 e. The first kappa shape index (κ1) is 16.3. The second kappa shape index (κ2) is 6.30. The van der Waals surface area contributed by atoms with Gasteiger partial charge in [0, 0.05) is 18.5 Å². The average Bonchev–Trinajstić information content (AvgIpc) is 3.23. The fourth-order valence-electron chi connectivity index (χ4n) is 4.14. The van der Waals surface area contributed by atoms with Gasteiger partial charge in [-0.1, -0.05) is 68.4 Å². The van der Waals surface area contributed by atoms with Gasteiger partial charge in [0.2, 0.25) is 5.91 Å². The normalized spacial score (nSPS) is 23.4. The van der Waals surface area contributed by atoms with Crippen LogP contribution in [0.4, 0.5) is 0 Å². The van der Waals surface area contributed by atoms with E-state index in [1.807, 2.05) is 6.07 Å². The lowest BCUT2D eigenvalue weighted by Crippen LogP contribution is -2.44. The molecule has 2 saturated heterocycles. The van der Waals surface area contributed by atoms with Crippen LogP contribution in [-0.4, -0.2) is 29.0 Å². The molecule has 0 N–H and O–H groups in total. The Bertz CT molecular complexity index is 745. The number of amides is 1. The minimum absolute atomic E-state index is 0.158. The molecule has 0 aliphatic carbocycles. The van der Waals surface area contributed by atoms with Crippen LogP contribution in [0, 0.1) is 5.41 Å². The number of rotatable bonds is 3. The van der Waals surface area contributed by atoms with Crippen LogP contribution in [0.25, 0.3) is 11.1 Å². The van der Waals surface area contributed by atoms with E-state index in [4.69, 9.17) is 0 Å². The summed E-state index contributed by atoms with van der Waals surface area (Å²) in [6, 6.07) is 19.4. The minimum Gasteiger partial charge on any atom is -0.273 e. The minimum atomic E-state index is -0.286. The van der Waals surface area contributed by atoms with Gasteiger partial charge in [-0.05, 0) is 36.0 Å². The first-order valence-corrected chi connectivity index (χ1v) is 9.30. The molecule has 0 bridgehead atoms. The molecule has 4 rings (SSSR count). The molecule has 0 spiro atoms. The van der Waals surface area contributed by atoms with Gasteiger partial charge in [-0.15, -0.1) is 0 Å². The van der Waals surface area contributed by atoms with Gasteiger partial charge in [-0.2, -0.15) is 0 Å². The summed E-state index contributed by atoms with van der Waals surface area (Å²) >= 11 is 0. The predicted octanol–water partition coefficient (Wildman–Crippen LogP) is 4.66. The molecule has 2 heterocycles. The molecule has 0 aromatic heterocycles. The molecule has 25 heavy (non-hydrogen) atoms. The van der Waals surface area contributed by atoms with Gasteiger partial charge >= 0.3 is 0 Å². The molecule has 1 amide bonds. The van der Waals surface area contributed by atoms with Crippen molar-refractivity contribution in [3.8, 4) is 11.1 Å². The quantitative estimate of drug-likeness (QED) is 0.815. The van der Waals surface area contributed by atoms with Gasteiger partial charge in [-0.3, -0.25) is 9.80 Å². The summed E-state index contributed by atoms with van der Waals surface area (Å²) in [6.45, 7) is 6.16. The van der Waals surface area contributed by atoms with E-state index in [-0.39, 0.29) is 17.4 Å². The summed E-state index contributed by atoms with van der Waals surface area (Å²) in [6.07, 6.45) is 3.25. The molecule has 2 aliphatic rings. The number of nitrogens with zero attached hydrogens (tertiary/aromatic N) is 2. The Balaban J connectivity index is 1.64.